The second-order valence-corrected chi connectivity index (χ2v) is 9.15. The molecule has 0 unspecified atom stereocenters. The molecule has 6 nitrogen and oxygen atoms in total. The third kappa shape index (κ3) is 6.75. The van der Waals surface area contributed by atoms with Crippen LogP contribution < -0.4 is 10.2 Å². The number of carbonyl (C=O) groups is 2. The Morgan fingerprint density at radius 1 is 1.00 bits per heavy atom. The first-order valence-electron chi connectivity index (χ1n) is 12.7. The third-order valence-electron chi connectivity index (χ3n) is 6.41. The summed E-state index contributed by atoms with van der Waals surface area (Å²) in [4.78, 5) is 30.6. The summed E-state index contributed by atoms with van der Waals surface area (Å²) in [6.45, 7) is 5.12. The smallest absolute Gasteiger partial charge is 0.256 e. The Morgan fingerprint density at radius 2 is 1.80 bits per heavy atom. The van der Waals surface area contributed by atoms with Crippen LogP contribution >= 0.6 is 0 Å². The van der Waals surface area contributed by atoms with Gasteiger partial charge in [-0.3, -0.25) is 9.59 Å². The highest BCUT2D eigenvalue weighted by molar-refractivity contribution is 6.02. The number of hydrogen-bond donors (Lipinski definition) is 1. The minimum absolute atomic E-state index is 0.0276. The van der Waals surface area contributed by atoms with Gasteiger partial charge in [-0.1, -0.05) is 43.7 Å². The van der Waals surface area contributed by atoms with Crippen LogP contribution in [0.5, 0.6) is 0 Å². The first kappa shape index (κ1) is 24.6. The van der Waals surface area contributed by atoms with Gasteiger partial charge in [0.2, 0.25) is 5.91 Å². The highest BCUT2D eigenvalue weighted by atomic mass is 16.3. The minimum Gasteiger partial charge on any atom is -0.467 e. The molecule has 0 atom stereocenters. The lowest BCUT2D eigenvalue weighted by molar-refractivity contribution is -0.115. The molecule has 1 aliphatic heterocycles. The third-order valence-corrected chi connectivity index (χ3v) is 6.41. The van der Waals surface area contributed by atoms with Crippen molar-refractivity contribution in [1.29, 1.82) is 0 Å². The van der Waals surface area contributed by atoms with Crippen LogP contribution in [0.1, 0.15) is 60.7 Å². The fourth-order valence-electron chi connectivity index (χ4n) is 4.54. The maximum atomic E-state index is 13.7. The van der Waals surface area contributed by atoms with E-state index in [0.29, 0.717) is 24.2 Å². The van der Waals surface area contributed by atoms with Crippen LogP contribution in [0.3, 0.4) is 0 Å². The number of furan rings is 1. The molecule has 0 bridgehead atoms. The standard InChI is InChI=1S/C29H35N3O3/c1-2-3-16-32(22-25-13-10-19-35-25)27-15-14-24(30-28(33)20-23-11-6-4-7-12-23)21-26(27)29(34)31-17-8-5-9-18-31/h4,6-7,10-15,19,21H,2-3,5,8-9,16-18,20,22H2,1H3,(H,30,33). The van der Waals surface area contributed by atoms with Crippen LogP contribution in [0.25, 0.3) is 0 Å². The van der Waals surface area contributed by atoms with Gasteiger partial charge in [0.15, 0.2) is 0 Å². The van der Waals surface area contributed by atoms with E-state index in [9.17, 15) is 9.59 Å². The zero-order chi connectivity index (χ0) is 24.5. The molecule has 4 rings (SSSR count). The summed E-state index contributed by atoms with van der Waals surface area (Å²) in [7, 11) is 0. The number of likely N-dealkylation sites (tertiary alicyclic amines) is 1. The van der Waals surface area contributed by atoms with Gasteiger partial charge in [0.25, 0.3) is 5.91 Å². The highest BCUT2D eigenvalue weighted by Crippen LogP contribution is 2.29. The molecule has 35 heavy (non-hydrogen) atoms. The normalized spacial score (nSPS) is 13.5. The van der Waals surface area contributed by atoms with Crippen molar-refractivity contribution in [3.8, 4) is 0 Å². The van der Waals surface area contributed by atoms with Gasteiger partial charge in [-0.15, -0.1) is 0 Å². The summed E-state index contributed by atoms with van der Waals surface area (Å²) in [5.74, 6) is 0.788. The first-order chi connectivity index (χ1) is 17.1. The van der Waals surface area contributed by atoms with Crippen molar-refractivity contribution in [3.63, 3.8) is 0 Å². The van der Waals surface area contributed by atoms with Gasteiger partial charge < -0.3 is 19.5 Å². The summed E-state index contributed by atoms with van der Waals surface area (Å²) < 4.78 is 5.62. The molecule has 184 valence electrons. The number of nitrogens with zero attached hydrogens (tertiary/aromatic N) is 2. The Morgan fingerprint density at radius 3 is 2.51 bits per heavy atom. The van der Waals surface area contributed by atoms with Crippen LogP contribution in [-0.4, -0.2) is 36.3 Å². The van der Waals surface area contributed by atoms with Crippen LogP contribution in [0.2, 0.25) is 0 Å². The maximum absolute atomic E-state index is 13.7. The van der Waals surface area contributed by atoms with Crippen molar-refractivity contribution in [2.45, 2.75) is 52.0 Å². The van der Waals surface area contributed by atoms with Gasteiger partial charge in [0, 0.05) is 25.3 Å². The van der Waals surface area contributed by atoms with Crippen molar-refractivity contribution in [1.82, 2.24) is 4.90 Å². The van der Waals surface area contributed by atoms with E-state index >= 15 is 0 Å². The number of amides is 2. The Labute approximate surface area is 207 Å². The van der Waals surface area contributed by atoms with E-state index in [2.05, 4.69) is 17.1 Å². The van der Waals surface area contributed by atoms with E-state index in [1.807, 2.05) is 65.6 Å². The first-order valence-corrected chi connectivity index (χ1v) is 12.7. The molecular weight excluding hydrogens is 438 g/mol. The SMILES string of the molecule is CCCCN(Cc1ccco1)c1ccc(NC(=O)Cc2ccccc2)cc1C(=O)N1CCCCC1. The molecule has 3 aromatic rings. The van der Waals surface area contributed by atoms with Crippen LogP contribution in [0, 0.1) is 0 Å². The Hall–Kier alpha value is -3.54. The molecule has 0 radical (unpaired) electrons. The number of unbranched alkanes of at least 4 members (excludes halogenated alkanes) is 1. The van der Waals surface area contributed by atoms with E-state index in [0.717, 1.165) is 68.7 Å². The van der Waals surface area contributed by atoms with Crippen molar-refractivity contribution in [2.75, 3.05) is 29.9 Å². The molecule has 0 spiro atoms. The predicted molar refractivity (Wildman–Crippen MR) is 140 cm³/mol. The van der Waals surface area contributed by atoms with Crippen LogP contribution in [0.15, 0.2) is 71.3 Å². The number of rotatable bonds is 10. The van der Waals surface area contributed by atoms with Crippen molar-refractivity contribution >= 4 is 23.2 Å². The average molecular weight is 474 g/mol. The lowest BCUT2D eigenvalue weighted by atomic mass is 10.1. The Balaban J connectivity index is 1.62. The zero-order valence-electron chi connectivity index (χ0n) is 20.5. The molecule has 0 aliphatic carbocycles. The predicted octanol–water partition coefficient (Wildman–Crippen LogP) is 5.89. The maximum Gasteiger partial charge on any atom is 0.256 e. The summed E-state index contributed by atoms with van der Waals surface area (Å²) in [5, 5.41) is 3.00. The molecule has 2 aromatic carbocycles. The largest absolute Gasteiger partial charge is 0.467 e. The highest BCUT2D eigenvalue weighted by Gasteiger charge is 2.24. The quantitative estimate of drug-likeness (QED) is 0.399. The van der Waals surface area contributed by atoms with E-state index in [1.165, 1.54) is 0 Å². The lowest BCUT2D eigenvalue weighted by Crippen LogP contribution is -2.37. The molecule has 2 heterocycles. The van der Waals surface area contributed by atoms with Crippen molar-refractivity contribution in [2.24, 2.45) is 0 Å². The molecule has 1 fully saturated rings. The molecule has 1 aliphatic rings. The number of benzene rings is 2. The monoisotopic (exact) mass is 473 g/mol. The number of carbonyl (C=O) groups excluding carboxylic acids is 2. The molecule has 1 N–H and O–H groups in total. The Bertz CT molecular complexity index is 1090. The van der Waals surface area contributed by atoms with Gasteiger partial charge in [-0.05, 0) is 61.6 Å². The zero-order valence-corrected chi connectivity index (χ0v) is 20.5. The summed E-state index contributed by atoms with van der Waals surface area (Å²) in [6, 6.07) is 19.2. The number of anilines is 2. The number of piperidine rings is 1. The van der Waals surface area contributed by atoms with Crippen LogP contribution in [-0.2, 0) is 17.8 Å². The molecular formula is C29H35N3O3. The number of hydrogen-bond acceptors (Lipinski definition) is 4. The summed E-state index contributed by atoms with van der Waals surface area (Å²) >= 11 is 0. The topological polar surface area (TPSA) is 65.8 Å². The van der Waals surface area contributed by atoms with E-state index in [4.69, 9.17) is 4.42 Å². The van der Waals surface area contributed by atoms with Crippen molar-refractivity contribution < 1.29 is 14.0 Å². The molecule has 1 saturated heterocycles. The average Bonchev–Trinajstić information content (AvgIpc) is 3.40. The van der Waals surface area contributed by atoms with Gasteiger partial charge in [-0.2, -0.15) is 0 Å². The molecule has 6 heteroatoms. The van der Waals surface area contributed by atoms with E-state index in [1.54, 1.807) is 6.26 Å². The summed E-state index contributed by atoms with van der Waals surface area (Å²) in [6.07, 6.45) is 7.25. The van der Waals surface area contributed by atoms with Crippen molar-refractivity contribution in [3.05, 3.63) is 83.8 Å². The molecule has 0 saturated carbocycles. The lowest BCUT2D eigenvalue weighted by Gasteiger charge is -2.31. The van der Waals surface area contributed by atoms with E-state index < -0.39 is 0 Å². The minimum atomic E-state index is -0.0984. The molecule has 2 amide bonds. The van der Waals surface area contributed by atoms with Gasteiger partial charge in [0.1, 0.15) is 5.76 Å². The van der Waals surface area contributed by atoms with Gasteiger partial charge in [0.05, 0.1) is 30.5 Å². The summed E-state index contributed by atoms with van der Waals surface area (Å²) in [5.41, 5.74) is 3.11. The Kier molecular flexibility index (Phi) is 8.60. The number of nitrogens with one attached hydrogen (secondary N) is 1. The second-order valence-electron chi connectivity index (χ2n) is 9.15. The van der Waals surface area contributed by atoms with Gasteiger partial charge >= 0.3 is 0 Å². The van der Waals surface area contributed by atoms with Crippen LogP contribution in [0.4, 0.5) is 11.4 Å². The molecule has 1 aromatic heterocycles. The second kappa shape index (κ2) is 12.2. The van der Waals surface area contributed by atoms with E-state index in [-0.39, 0.29) is 11.8 Å². The van der Waals surface area contributed by atoms with Gasteiger partial charge in [-0.25, -0.2) is 0 Å². The fraction of sp³-hybridized carbons (Fsp3) is 0.379. The fourth-order valence-corrected chi connectivity index (χ4v) is 4.54.